The van der Waals surface area contributed by atoms with E-state index in [4.69, 9.17) is 30.9 Å². The highest BCUT2D eigenvalue weighted by Gasteiger charge is 2.46. The minimum atomic E-state index is -4.77. The largest absolute Gasteiger partial charge is 0.485 e. The number of hydrogen-bond donors (Lipinski definition) is 3. The lowest BCUT2D eigenvalue weighted by molar-refractivity contribution is -0.141. The number of ether oxygens (including phenoxy) is 2. The summed E-state index contributed by atoms with van der Waals surface area (Å²) in [5.41, 5.74) is 0.123. The Morgan fingerprint density at radius 1 is 1.32 bits per heavy atom. The van der Waals surface area contributed by atoms with Gasteiger partial charge in [-0.05, 0) is 50.4 Å². The number of carbonyl (C=O) groups is 2. The quantitative estimate of drug-likeness (QED) is 0.305. The summed E-state index contributed by atoms with van der Waals surface area (Å²) in [7, 11) is -4.77. The van der Waals surface area contributed by atoms with Crippen LogP contribution in [0.3, 0.4) is 0 Å². The van der Waals surface area contributed by atoms with Gasteiger partial charge in [0.15, 0.2) is 12.6 Å². The number of amides is 1. The van der Waals surface area contributed by atoms with E-state index in [1.807, 2.05) is 0 Å². The van der Waals surface area contributed by atoms with Gasteiger partial charge in [-0.15, -0.1) is 11.3 Å². The minimum absolute atomic E-state index is 0.180. The van der Waals surface area contributed by atoms with Crippen molar-refractivity contribution in [1.82, 2.24) is 5.32 Å². The van der Waals surface area contributed by atoms with Crippen LogP contribution in [0, 0.1) is 0 Å². The normalized spacial score (nSPS) is 19.9. The molecule has 0 fully saturated rings. The van der Waals surface area contributed by atoms with Crippen molar-refractivity contribution in [3.63, 3.8) is 0 Å². The number of phosphoric ester groups is 1. The van der Waals surface area contributed by atoms with Crippen LogP contribution in [0.25, 0.3) is 0 Å². The fourth-order valence-corrected chi connectivity index (χ4v) is 4.42. The molecule has 0 radical (unpaired) electrons. The number of fused-ring (bicyclic) bond motifs is 1. The molecule has 1 aliphatic rings. The van der Waals surface area contributed by atoms with Crippen molar-refractivity contribution in [3.8, 4) is 5.75 Å². The highest BCUT2D eigenvalue weighted by Crippen LogP contribution is 2.43. The van der Waals surface area contributed by atoms with Gasteiger partial charge in [0.2, 0.25) is 0 Å². The molecule has 0 bridgehead atoms. The Balaban J connectivity index is 2.00. The molecule has 0 unspecified atom stereocenters. The van der Waals surface area contributed by atoms with Gasteiger partial charge < -0.3 is 24.6 Å². The first-order valence-electron chi connectivity index (χ1n) is 9.08. The van der Waals surface area contributed by atoms with E-state index in [2.05, 4.69) is 9.84 Å². The summed E-state index contributed by atoms with van der Waals surface area (Å²) in [6.07, 6.45) is -0.921. The number of nitrogens with one attached hydrogen (secondary N) is 1. The number of thiophene rings is 1. The van der Waals surface area contributed by atoms with Gasteiger partial charge in [-0.25, -0.2) is 4.57 Å². The molecule has 2 aromatic rings. The summed E-state index contributed by atoms with van der Waals surface area (Å²) in [6, 6.07) is 5.58. The van der Waals surface area contributed by atoms with Crippen molar-refractivity contribution >= 4 is 42.5 Å². The monoisotopic (exact) mass is 489 g/mol. The van der Waals surface area contributed by atoms with Crippen LogP contribution in [0.1, 0.15) is 53.1 Å². The molecule has 168 valence electrons. The van der Waals surface area contributed by atoms with Crippen molar-refractivity contribution in [2.75, 3.05) is 6.79 Å². The third-order valence-electron chi connectivity index (χ3n) is 4.73. The SMILES string of the molecule is CC(=O)c1ccc2c(c1)[C@@H](NC(=O)c1ccsc1Cl)[C@@H](OCOP(=O)(O)O)C(C)(C)O2. The molecule has 2 heterocycles. The van der Waals surface area contributed by atoms with Crippen molar-refractivity contribution in [2.45, 2.75) is 38.5 Å². The molecular formula is C19H21ClNO8PS. The standard InChI is InChI=1S/C19H21ClNO8PS/c1-10(22)11-4-5-14-13(8-11)15(21-18(23)12-6-7-31-17(12)20)16(19(2,3)29-14)27-9-28-30(24,25)26/h4-8,15-16H,9H2,1-3H3,(H,21,23)(H2,24,25,26)/t15-,16-/m1/s1. The van der Waals surface area contributed by atoms with Gasteiger partial charge in [0, 0.05) is 11.1 Å². The summed E-state index contributed by atoms with van der Waals surface area (Å²) in [6.45, 7) is 4.08. The molecule has 9 nitrogen and oxygen atoms in total. The Morgan fingerprint density at radius 2 is 2.03 bits per heavy atom. The van der Waals surface area contributed by atoms with Crippen molar-refractivity contribution in [3.05, 3.63) is 50.7 Å². The van der Waals surface area contributed by atoms with Gasteiger partial charge in [0.1, 0.15) is 21.8 Å². The number of halogens is 1. The molecule has 1 aromatic heterocycles. The van der Waals surface area contributed by atoms with E-state index in [-0.39, 0.29) is 11.3 Å². The molecule has 1 aromatic carbocycles. The van der Waals surface area contributed by atoms with E-state index in [1.54, 1.807) is 43.5 Å². The molecule has 31 heavy (non-hydrogen) atoms. The molecule has 2 atom stereocenters. The second kappa shape index (κ2) is 8.99. The molecule has 3 N–H and O–H groups in total. The highest BCUT2D eigenvalue weighted by atomic mass is 35.5. The lowest BCUT2D eigenvalue weighted by Gasteiger charge is -2.44. The van der Waals surface area contributed by atoms with Gasteiger partial charge in [-0.2, -0.15) is 0 Å². The van der Waals surface area contributed by atoms with E-state index in [0.717, 1.165) is 0 Å². The van der Waals surface area contributed by atoms with Gasteiger partial charge in [-0.1, -0.05) is 11.6 Å². The van der Waals surface area contributed by atoms with Crippen LogP contribution >= 0.6 is 30.8 Å². The fraction of sp³-hybridized carbons (Fsp3) is 0.368. The Hall–Kier alpha value is -1.78. The molecule has 0 spiro atoms. The Kier molecular flexibility index (Phi) is 6.93. The van der Waals surface area contributed by atoms with Gasteiger partial charge in [0.25, 0.3) is 5.91 Å². The maximum Gasteiger partial charge on any atom is 0.471 e. The maximum absolute atomic E-state index is 12.9. The molecule has 3 rings (SSSR count). The van der Waals surface area contributed by atoms with Crippen LogP contribution in [-0.4, -0.2) is 40.0 Å². The molecule has 0 aliphatic carbocycles. The van der Waals surface area contributed by atoms with Crippen LogP contribution in [0.4, 0.5) is 0 Å². The van der Waals surface area contributed by atoms with Gasteiger partial charge in [0.05, 0.1) is 11.6 Å². The summed E-state index contributed by atoms with van der Waals surface area (Å²) < 4.78 is 27.4. The van der Waals surface area contributed by atoms with Crippen molar-refractivity contribution < 1.29 is 37.9 Å². The molecular weight excluding hydrogens is 469 g/mol. The van der Waals surface area contributed by atoms with Crippen LogP contribution in [0.5, 0.6) is 5.75 Å². The predicted octanol–water partition coefficient (Wildman–Crippen LogP) is 3.70. The number of benzene rings is 1. The minimum Gasteiger partial charge on any atom is -0.485 e. The molecule has 0 saturated carbocycles. The maximum atomic E-state index is 12.9. The van der Waals surface area contributed by atoms with Gasteiger partial charge in [-0.3, -0.25) is 14.1 Å². The lowest BCUT2D eigenvalue weighted by atomic mass is 9.85. The average Bonchev–Trinajstić information content (AvgIpc) is 3.08. The molecule has 12 heteroatoms. The van der Waals surface area contributed by atoms with Crippen LogP contribution in [0.2, 0.25) is 4.34 Å². The number of rotatable bonds is 7. The fourth-order valence-electron chi connectivity index (χ4n) is 3.31. The second-order valence-corrected chi connectivity index (χ2v) is 10.2. The first-order valence-corrected chi connectivity index (χ1v) is 11.9. The van der Waals surface area contributed by atoms with E-state index in [0.29, 0.717) is 21.2 Å². The van der Waals surface area contributed by atoms with E-state index >= 15 is 0 Å². The van der Waals surface area contributed by atoms with Crippen LogP contribution < -0.4 is 10.1 Å². The zero-order valence-corrected chi connectivity index (χ0v) is 19.3. The number of Topliss-reactive ketones (excluding diaryl/α,β-unsaturated/α-hetero) is 1. The van der Waals surface area contributed by atoms with Crippen molar-refractivity contribution in [2.24, 2.45) is 0 Å². The van der Waals surface area contributed by atoms with E-state index < -0.39 is 38.3 Å². The van der Waals surface area contributed by atoms with Crippen molar-refractivity contribution in [1.29, 1.82) is 0 Å². The zero-order valence-electron chi connectivity index (χ0n) is 16.8. The first-order chi connectivity index (χ1) is 14.4. The average molecular weight is 490 g/mol. The highest BCUT2D eigenvalue weighted by molar-refractivity contribution is 7.46. The molecule has 0 saturated heterocycles. The summed E-state index contributed by atoms with van der Waals surface area (Å²) in [4.78, 5) is 42.7. The zero-order chi connectivity index (χ0) is 23.0. The molecule has 1 aliphatic heterocycles. The number of phosphoric acid groups is 1. The van der Waals surface area contributed by atoms with Crippen LogP contribution in [0.15, 0.2) is 29.6 Å². The Morgan fingerprint density at radius 3 is 2.61 bits per heavy atom. The number of ketones is 1. The van der Waals surface area contributed by atoms with Crippen LogP contribution in [-0.2, 0) is 13.8 Å². The first kappa shape index (κ1) is 23.9. The topological polar surface area (TPSA) is 131 Å². The Labute approximate surface area is 187 Å². The van der Waals surface area contributed by atoms with E-state index in [1.165, 1.54) is 18.3 Å². The van der Waals surface area contributed by atoms with E-state index in [9.17, 15) is 14.2 Å². The predicted molar refractivity (Wildman–Crippen MR) is 114 cm³/mol. The summed E-state index contributed by atoms with van der Waals surface area (Å²) >= 11 is 7.30. The Bertz CT molecular complexity index is 1050. The summed E-state index contributed by atoms with van der Waals surface area (Å²) in [5, 5.41) is 4.53. The lowest BCUT2D eigenvalue weighted by Crippen LogP contribution is -2.55. The molecule has 1 amide bonds. The smallest absolute Gasteiger partial charge is 0.471 e. The third kappa shape index (κ3) is 5.53. The number of carbonyl (C=O) groups excluding carboxylic acids is 2. The number of hydrogen-bond acceptors (Lipinski definition) is 7. The second-order valence-electron chi connectivity index (χ2n) is 7.40. The third-order valence-corrected chi connectivity index (χ3v) is 6.34. The van der Waals surface area contributed by atoms with Gasteiger partial charge >= 0.3 is 7.82 Å². The summed E-state index contributed by atoms with van der Waals surface area (Å²) in [5.74, 6) is -0.217.